The molecule has 0 aliphatic heterocycles. The second kappa shape index (κ2) is 7.42. The highest BCUT2D eigenvalue weighted by atomic mass is 14.7. The van der Waals surface area contributed by atoms with Crippen LogP contribution in [0.1, 0.15) is 49.8 Å². The Hall–Kier alpha value is -0.860. The van der Waals surface area contributed by atoms with Gasteiger partial charge in [0.05, 0.1) is 0 Å². The average Bonchev–Trinajstić information content (AvgIpc) is 2.34. The Morgan fingerprint density at radius 1 is 1.06 bits per heavy atom. The second-order valence-corrected chi connectivity index (χ2v) is 4.39. The Labute approximate surface area is 99.0 Å². The lowest BCUT2D eigenvalue weighted by atomic mass is 10.0. The minimum absolute atomic E-state index is 0.0193. The minimum Gasteiger partial charge on any atom is -0.329 e. The number of aryl methyl sites for hydroxylation is 1. The first kappa shape index (κ1) is 13.2. The van der Waals surface area contributed by atoms with Crippen molar-refractivity contribution in [3.63, 3.8) is 0 Å². The van der Waals surface area contributed by atoms with Gasteiger partial charge in [0.1, 0.15) is 0 Å². The summed E-state index contributed by atoms with van der Waals surface area (Å²) in [6.07, 6.45) is 6.44. The molecule has 0 saturated carbocycles. The van der Waals surface area contributed by atoms with Crippen LogP contribution in [0.3, 0.4) is 0 Å². The van der Waals surface area contributed by atoms with Crippen LogP contribution in [0.2, 0.25) is 0 Å². The van der Waals surface area contributed by atoms with Crippen LogP contribution >= 0.6 is 0 Å². The number of unbranched alkanes of at least 4 members (excludes halogenated alkanes) is 3. The monoisotopic (exact) mass is 220 g/mol. The van der Waals surface area contributed by atoms with Gasteiger partial charge >= 0.3 is 0 Å². The number of benzene rings is 1. The van der Waals surface area contributed by atoms with E-state index in [1.54, 1.807) is 0 Å². The lowest BCUT2D eigenvalue weighted by molar-refractivity contribution is 0.666. The maximum Gasteiger partial charge on any atom is 0.0419 e. The predicted molar refractivity (Wildman–Crippen MR) is 70.3 cm³/mol. The predicted octanol–water partition coefficient (Wildman–Crippen LogP) is 2.77. The summed E-state index contributed by atoms with van der Waals surface area (Å²) in [5.74, 6) is 0. The summed E-state index contributed by atoms with van der Waals surface area (Å²) in [6.45, 7) is 2.75. The maximum atomic E-state index is 5.86. The van der Waals surface area contributed by atoms with E-state index in [4.69, 9.17) is 11.5 Å². The Morgan fingerprint density at radius 2 is 1.75 bits per heavy atom. The molecule has 0 aliphatic rings. The van der Waals surface area contributed by atoms with E-state index in [2.05, 4.69) is 31.2 Å². The molecule has 0 bridgehead atoms. The molecule has 90 valence electrons. The molecule has 1 unspecified atom stereocenters. The van der Waals surface area contributed by atoms with E-state index in [-0.39, 0.29) is 6.04 Å². The molecule has 0 spiro atoms. The van der Waals surface area contributed by atoms with Gasteiger partial charge in [0, 0.05) is 12.6 Å². The van der Waals surface area contributed by atoms with Crippen molar-refractivity contribution in [3.05, 3.63) is 35.4 Å². The van der Waals surface area contributed by atoms with E-state index >= 15 is 0 Å². The molecular formula is C14H24N2. The summed E-state index contributed by atoms with van der Waals surface area (Å²) >= 11 is 0. The zero-order chi connectivity index (χ0) is 11.8. The molecule has 0 amide bonds. The summed E-state index contributed by atoms with van der Waals surface area (Å²) in [5.41, 5.74) is 13.9. The molecule has 0 aromatic heterocycles. The largest absolute Gasteiger partial charge is 0.329 e. The quantitative estimate of drug-likeness (QED) is 0.694. The van der Waals surface area contributed by atoms with Gasteiger partial charge in [0.15, 0.2) is 0 Å². The SMILES string of the molecule is CCCCCCc1ccc(C(N)CN)cc1. The Morgan fingerprint density at radius 3 is 2.31 bits per heavy atom. The van der Waals surface area contributed by atoms with E-state index in [9.17, 15) is 0 Å². The normalized spacial score (nSPS) is 12.7. The molecule has 0 saturated heterocycles. The van der Waals surface area contributed by atoms with Gasteiger partial charge in [-0.15, -0.1) is 0 Å². The topological polar surface area (TPSA) is 52.0 Å². The molecule has 2 nitrogen and oxygen atoms in total. The highest BCUT2D eigenvalue weighted by Crippen LogP contribution is 2.13. The van der Waals surface area contributed by atoms with Gasteiger partial charge in [-0.25, -0.2) is 0 Å². The van der Waals surface area contributed by atoms with Crippen molar-refractivity contribution >= 4 is 0 Å². The van der Waals surface area contributed by atoms with Gasteiger partial charge in [-0.1, -0.05) is 50.5 Å². The van der Waals surface area contributed by atoms with Crippen LogP contribution in [0, 0.1) is 0 Å². The van der Waals surface area contributed by atoms with Crippen molar-refractivity contribution < 1.29 is 0 Å². The summed E-state index contributed by atoms with van der Waals surface area (Å²) < 4.78 is 0. The van der Waals surface area contributed by atoms with E-state index in [1.807, 2.05) is 0 Å². The van der Waals surface area contributed by atoms with Crippen molar-refractivity contribution in [1.82, 2.24) is 0 Å². The molecule has 0 heterocycles. The number of hydrogen-bond donors (Lipinski definition) is 2. The Kier molecular flexibility index (Phi) is 6.12. The smallest absolute Gasteiger partial charge is 0.0419 e. The van der Waals surface area contributed by atoms with Crippen molar-refractivity contribution in [2.45, 2.75) is 45.1 Å². The molecular weight excluding hydrogens is 196 g/mol. The van der Waals surface area contributed by atoms with Gasteiger partial charge < -0.3 is 11.5 Å². The third-order valence-corrected chi connectivity index (χ3v) is 2.98. The van der Waals surface area contributed by atoms with E-state index < -0.39 is 0 Å². The average molecular weight is 220 g/mol. The highest BCUT2D eigenvalue weighted by molar-refractivity contribution is 5.25. The van der Waals surface area contributed by atoms with Gasteiger partial charge in [-0.3, -0.25) is 0 Å². The first-order chi connectivity index (χ1) is 7.77. The minimum atomic E-state index is -0.0193. The molecule has 1 aromatic rings. The summed E-state index contributed by atoms with van der Waals surface area (Å²) in [6, 6.07) is 8.54. The maximum absolute atomic E-state index is 5.86. The van der Waals surface area contributed by atoms with Gasteiger partial charge in [0.25, 0.3) is 0 Å². The van der Waals surface area contributed by atoms with Crippen LogP contribution in [0.5, 0.6) is 0 Å². The molecule has 0 aliphatic carbocycles. The lowest BCUT2D eigenvalue weighted by Crippen LogP contribution is -2.20. The van der Waals surface area contributed by atoms with E-state index in [1.165, 1.54) is 37.7 Å². The van der Waals surface area contributed by atoms with Crippen LogP contribution in [0.15, 0.2) is 24.3 Å². The van der Waals surface area contributed by atoms with E-state index in [0.717, 1.165) is 5.56 Å². The molecule has 1 aromatic carbocycles. The third kappa shape index (κ3) is 4.33. The van der Waals surface area contributed by atoms with Crippen molar-refractivity contribution in [2.75, 3.05) is 6.54 Å². The first-order valence-corrected chi connectivity index (χ1v) is 6.32. The van der Waals surface area contributed by atoms with Gasteiger partial charge in [-0.2, -0.15) is 0 Å². The molecule has 2 heteroatoms. The van der Waals surface area contributed by atoms with Crippen LogP contribution in [0.4, 0.5) is 0 Å². The molecule has 4 N–H and O–H groups in total. The molecule has 1 atom stereocenters. The summed E-state index contributed by atoms with van der Waals surface area (Å²) in [5, 5.41) is 0. The fourth-order valence-corrected chi connectivity index (χ4v) is 1.82. The molecule has 1 rings (SSSR count). The standard InChI is InChI=1S/C14H24N2/c1-2-3-4-5-6-12-7-9-13(10-8-12)14(16)11-15/h7-10,14H,2-6,11,15-16H2,1H3. The van der Waals surface area contributed by atoms with Gasteiger partial charge in [-0.05, 0) is 24.0 Å². The fraction of sp³-hybridized carbons (Fsp3) is 0.571. The fourth-order valence-electron chi connectivity index (χ4n) is 1.82. The Bertz CT molecular complexity index is 279. The van der Waals surface area contributed by atoms with Crippen LogP contribution in [-0.4, -0.2) is 6.54 Å². The number of nitrogens with two attached hydrogens (primary N) is 2. The van der Waals surface area contributed by atoms with Crippen molar-refractivity contribution in [2.24, 2.45) is 11.5 Å². The van der Waals surface area contributed by atoms with E-state index in [0.29, 0.717) is 6.54 Å². The van der Waals surface area contributed by atoms with Crippen LogP contribution in [-0.2, 0) is 6.42 Å². The van der Waals surface area contributed by atoms with Gasteiger partial charge in [0.2, 0.25) is 0 Å². The third-order valence-electron chi connectivity index (χ3n) is 2.98. The zero-order valence-corrected chi connectivity index (χ0v) is 10.3. The molecule has 16 heavy (non-hydrogen) atoms. The Balaban J connectivity index is 2.39. The van der Waals surface area contributed by atoms with Crippen molar-refractivity contribution in [3.8, 4) is 0 Å². The first-order valence-electron chi connectivity index (χ1n) is 6.32. The molecule has 0 fully saturated rings. The highest BCUT2D eigenvalue weighted by Gasteiger charge is 2.02. The summed E-state index contributed by atoms with van der Waals surface area (Å²) in [4.78, 5) is 0. The van der Waals surface area contributed by atoms with Crippen LogP contribution < -0.4 is 11.5 Å². The zero-order valence-electron chi connectivity index (χ0n) is 10.3. The number of hydrogen-bond acceptors (Lipinski definition) is 2. The summed E-state index contributed by atoms with van der Waals surface area (Å²) in [7, 11) is 0. The molecule has 0 radical (unpaired) electrons. The lowest BCUT2D eigenvalue weighted by Gasteiger charge is -2.09. The van der Waals surface area contributed by atoms with Crippen molar-refractivity contribution in [1.29, 1.82) is 0 Å². The second-order valence-electron chi connectivity index (χ2n) is 4.39. The number of rotatable bonds is 7. The van der Waals surface area contributed by atoms with Crippen LogP contribution in [0.25, 0.3) is 0 Å².